The highest BCUT2D eigenvalue weighted by atomic mass is 16.5. The van der Waals surface area contributed by atoms with Crippen LogP contribution in [0, 0.1) is 12.8 Å². The average Bonchev–Trinajstić information content (AvgIpc) is 2.84. The first-order valence-electron chi connectivity index (χ1n) is 11.8. The van der Waals surface area contributed by atoms with Gasteiger partial charge in [0.05, 0.1) is 17.5 Å². The van der Waals surface area contributed by atoms with Crippen LogP contribution in [0.1, 0.15) is 41.4 Å². The van der Waals surface area contributed by atoms with Gasteiger partial charge < -0.3 is 15.0 Å². The summed E-state index contributed by atoms with van der Waals surface area (Å²) >= 11 is 0. The normalized spacial score (nSPS) is 12.9. The van der Waals surface area contributed by atoms with Gasteiger partial charge >= 0.3 is 0 Å². The van der Waals surface area contributed by atoms with Crippen LogP contribution in [0.4, 0.5) is 0 Å². The predicted molar refractivity (Wildman–Crippen MR) is 135 cm³/mol. The molecule has 3 aromatic rings. The number of fused-ring (bicyclic) bond motifs is 1. The number of para-hydroxylation sites is 1. The van der Waals surface area contributed by atoms with Crippen molar-refractivity contribution in [2.24, 2.45) is 5.92 Å². The van der Waals surface area contributed by atoms with Crippen LogP contribution in [-0.2, 0) is 11.4 Å². The average molecular weight is 479 g/mol. The molecule has 3 rings (SSSR count). The highest BCUT2D eigenvalue weighted by Crippen LogP contribution is 2.21. The van der Waals surface area contributed by atoms with E-state index in [2.05, 4.69) is 10.3 Å². The third kappa shape index (κ3) is 7.00. The summed E-state index contributed by atoms with van der Waals surface area (Å²) in [4.78, 5) is 31.7. The SMILES string of the molecule is CCC[C@@H](C(=O)NO)[C@@H](CN(C)C)NC(=O)c1ccc(OCc2cc(C)nc3ccccc23)cc1. The molecule has 8 nitrogen and oxygen atoms in total. The Kier molecular flexibility index (Phi) is 9.17. The number of hydroxylamine groups is 1. The van der Waals surface area contributed by atoms with E-state index in [1.165, 1.54) is 0 Å². The van der Waals surface area contributed by atoms with Crippen LogP contribution in [0.3, 0.4) is 0 Å². The second-order valence-electron chi connectivity index (χ2n) is 8.97. The minimum absolute atomic E-state index is 0.286. The van der Waals surface area contributed by atoms with Crippen LogP contribution in [-0.4, -0.2) is 53.6 Å². The quantitative estimate of drug-likeness (QED) is 0.287. The molecule has 0 saturated heterocycles. The van der Waals surface area contributed by atoms with Gasteiger partial charge in [-0.05, 0) is 63.8 Å². The first-order chi connectivity index (χ1) is 16.8. The highest BCUT2D eigenvalue weighted by molar-refractivity contribution is 5.95. The second-order valence-corrected chi connectivity index (χ2v) is 8.97. The lowest BCUT2D eigenvalue weighted by atomic mass is 9.93. The summed E-state index contributed by atoms with van der Waals surface area (Å²) in [7, 11) is 3.75. The van der Waals surface area contributed by atoms with E-state index in [-0.39, 0.29) is 5.91 Å². The van der Waals surface area contributed by atoms with Gasteiger partial charge in [0, 0.05) is 28.8 Å². The summed E-state index contributed by atoms with van der Waals surface area (Å²) in [6.07, 6.45) is 1.29. The number of aromatic nitrogens is 1. The lowest BCUT2D eigenvalue weighted by Crippen LogP contribution is -2.51. The first-order valence-corrected chi connectivity index (χ1v) is 11.8. The lowest BCUT2D eigenvalue weighted by molar-refractivity contribution is -0.134. The number of nitrogens with one attached hydrogen (secondary N) is 2. The third-order valence-corrected chi connectivity index (χ3v) is 5.85. The van der Waals surface area contributed by atoms with Crippen molar-refractivity contribution in [2.45, 2.75) is 39.3 Å². The summed E-state index contributed by atoms with van der Waals surface area (Å²) in [6.45, 7) is 4.77. The van der Waals surface area contributed by atoms with Gasteiger partial charge in [-0.15, -0.1) is 0 Å². The number of rotatable bonds is 11. The van der Waals surface area contributed by atoms with Gasteiger partial charge in [0.15, 0.2) is 0 Å². The van der Waals surface area contributed by atoms with Crippen molar-refractivity contribution in [2.75, 3.05) is 20.6 Å². The highest BCUT2D eigenvalue weighted by Gasteiger charge is 2.29. The van der Waals surface area contributed by atoms with Crippen molar-refractivity contribution in [1.82, 2.24) is 20.7 Å². The fourth-order valence-electron chi connectivity index (χ4n) is 4.21. The molecule has 0 unspecified atom stereocenters. The van der Waals surface area contributed by atoms with Crippen LogP contribution >= 0.6 is 0 Å². The van der Waals surface area contributed by atoms with Gasteiger partial charge in [-0.3, -0.25) is 19.8 Å². The molecule has 1 heterocycles. The van der Waals surface area contributed by atoms with E-state index >= 15 is 0 Å². The first kappa shape index (κ1) is 26.1. The Balaban J connectivity index is 1.69. The van der Waals surface area contributed by atoms with Gasteiger partial charge in [0.2, 0.25) is 5.91 Å². The molecule has 2 amide bonds. The number of benzene rings is 2. The van der Waals surface area contributed by atoms with Gasteiger partial charge in [0.1, 0.15) is 12.4 Å². The van der Waals surface area contributed by atoms with E-state index in [0.717, 1.165) is 28.6 Å². The Morgan fingerprint density at radius 3 is 2.49 bits per heavy atom. The molecule has 0 aliphatic carbocycles. The molecule has 0 radical (unpaired) electrons. The number of aryl methyl sites for hydroxylation is 1. The van der Waals surface area contributed by atoms with E-state index in [1.807, 2.05) is 63.2 Å². The summed E-state index contributed by atoms with van der Waals surface area (Å²) in [5.74, 6) is -0.682. The molecule has 0 saturated carbocycles. The van der Waals surface area contributed by atoms with Crippen molar-refractivity contribution in [3.8, 4) is 5.75 Å². The third-order valence-electron chi connectivity index (χ3n) is 5.85. The molecule has 8 heteroatoms. The minimum Gasteiger partial charge on any atom is -0.489 e. The predicted octanol–water partition coefficient (Wildman–Crippen LogP) is 3.70. The summed E-state index contributed by atoms with van der Waals surface area (Å²) in [5, 5.41) is 13.2. The lowest BCUT2D eigenvalue weighted by Gasteiger charge is -2.28. The Morgan fingerprint density at radius 1 is 1.11 bits per heavy atom. The summed E-state index contributed by atoms with van der Waals surface area (Å²) in [5.41, 5.74) is 5.11. The number of nitrogens with zero attached hydrogens (tertiary/aromatic N) is 2. The van der Waals surface area contributed by atoms with Gasteiger partial charge in [-0.25, -0.2) is 5.48 Å². The van der Waals surface area contributed by atoms with E-state index in [0.29, 0.717) is 30.9 Å². The maximum Gasteiger partial charge on any atom is 0.251 e. The molecule has 1 aromatic heterocycles. The van der Waals surface area contributed by atoms with E-state index in [9.17, 15) is 9.59 Å². The minimum atomic E-state index is -0.544. The zero-order valence-corrected chi connectivity index (χ0v) is 20.7. The van der Waals surface area contributed by atoms with Crippen LogP contribution in [0.25, 0.3) is 10.9 Å². The number of hydrogen-bond acceptors (Lipinski definition) is 6. The number of amides is 2. The molecule has 3 N–H and O–H groups in total. The molecule has 0 aliphatic rings. The molecular weight excluding hydrogens is 444 g/mol. The van der Waals surface area contributed by atoms with Gasteiger partial charge in [-0.1, -0.05) is 31.5 Å². The molecular formula is C27H34N4O4. The van der Waals surface area contributed by atoms with Crippen molar-refractivity contribution in [3.05, 3.63) is 71.4 Å². The zero-order chi connectivity index (χ0) is 25.4. The monoisotopic (exact) mass is 478 g/mol. The van der Waals surface area contributed by atoms with Crippen LogP contribution in [0.15, 0.2) is 54.6 Å². The van der Waals surface area contributed by atoms with Crippen molar-refractivity contribution in [3.63, 3.8) is 0 Å². The molecule has 2 atom stereocenters. The van der Waals surface area contributed by atoms with Crippen molar-refractivity contribution >= 4 is 22.7 Å². The largest absolute Gasteiger partial charge is 0.489 e. The van der Waals surface area contributed by atoms with Crippen molar-refractivity contribution < 1.29 is 19.5 Å². The topological polar surface area (TPSA) is 104 Å². The zero-order valence-electron chi connectivity index (χ0n) is 20.7. The van der Waals surface area contributed by atoms with E-state index < -0.39 is 17.9 Å². The van der Waals surface area contributed by atoms with Crippen molar-refractivity contribution in [1.29, 1.82) is 0 Å². The second kappa shape index (κ2) is 12.3. The van der Waals surface area contributed by atoms with E-state index in [1.54, 1.807) is 29.7 Å². The van der Waals surface area contributed by atoms with Crippen LogP contribution in [0.5, 0.6) is 5.75 Å². The maximum atomic E-state index is 13.0. The number of likely N-dealkylation sites (N-methyl/N-ethyl adjacent to an activating group) is 1. The number of pyridine rings is 1. The van der Waals surface area contributed by atoms with Crippen LogP contribution < -0.4 is 15.5 Å². The summed E-state index contributed by atoms with van der Waals surface area (Å²) < 4.78 is 5.99. The molecule has 2 aromatic carbocycles. The molecule has 0 fully saturated rings. The molecule has 0 spiro atoms. The number of ether oxygens (including phenoxy) is 1. The van der Waals surface area contributed by atoms with Crippen LogP contribution in [0.2, 0.25) is 0 Å². The number of carbonyl (C=O) groups is 2. The van der Waals surface area contributed by atoms with E-state index in [4.69, 9.17) is 9.94 Å². The fourth-order valence-corrected chi connectivity index (χ4v) is 4.21. The smallest absolute Gasteiger partial charge is 0.251 e. The number of hydrogen-bond donors (Lipinski definition) is 3. The Bertz CT molecular complexity index is 1150. The standard InChI is InChI=1S/C27H34N4O4/c1-5-8-23(27(33)30-34)25(16-31(3)4)29-26(32)19-11-13-21(14-12-19)35-17-20-15-18(2)28-24-10-7-6-9-22(20)24/h6-7,9-15,23,25,34H,5,8,16-17H2,1-4H3,(H,29,32)(H,30,33)/t23-,25-/m1/s1. The Morgan fingerprint density at radius 2 is 1.83 bits per heavy atom. The Labute approximate surface area is 206 Å². The molecule has 186 valence electrons. The fraction of sp³-hybridized carbons (Fsp3) is 0.370. The van der Waals surface area contributed by atoms with Gasteiger partial charge in [-0.2, -0.15) is 0 Å². The molecule has 35 heavy (non-hydrogen) atoms. The summed E-state index contributed by atoms with van der Waals surface area (Å²) in [6, 6.07) is 16.4. The number of carbonyl (C=O) groups excluding carboxylic acids is 2. The Hall–Kier alpha value is -3.49. The molecule has 0 bridgehead atoms. The maximum absolute atomic E-state index is 13.0. The van der Waals surface area contributed by atoms with Gasteiger partial charge in [0.25, 0.3) is 5.91 Å². The molecule has 0 aliphatic heterocycles.